The maximum absolute atomic E-state index is 13.6. The van der Waals surface area contributed by atoms with Crippen LogP contribution in [0.4, 0.5) is 11.4 Å². The first-order valence-corrected chi connectivity index (χ1v) is 13.9. The maximum atomic E-state index is 13.6. The summed E-state index contributed by atoms with van der Waals surface area (Å²) < 4.78 is 28.0. The molecule has 2 atom stereocenters. The summed E-state index contributed by atoms with van der Waals surface area (Å²) in [6.45, 7) is 3.52. The Morgan fingerprint density at radius 2 is 1.71 bits per heavy atom. The summed E-state index contributed by atoms with van der Waals surface area (Å²) in [7, 11) is -3.65. The molecule has 3 aliphatic heterocycles. The Balaban J connectivity index is 1.46. The zero-order valence-electron chi connectivity index (χ0n) is 20.0. The highest BCUT2D eigenvalue weighted by Crippen LogP contribution is 2.41. The molecule has 0 aliphatic carbocycles. The van der Waals surface area contributed by atoms with E-state index in [1.54, 1.807) is 18.2 Å². The van der Waals surface area contributed by atoms with Crippen molar-refractivity contribution in [3.8, 4) is 0 Å². The van der Waals surface area contributed by atoms with Crippen molar-refractivity contribution in [2.75, 3.05) is 36.0 Å². The molecule has 0 unspecified atom stereocenters. The van der Waals surface area contributed by atoms with Crippen molar-refractivity contribution in [2.45, 2.75) is 56.0 Å². The van der Waals surface area contributed by atoms with Crippen molar-refractivity contribution in [3.05, 3.63) is 54.1 Å². The molecule has 9 heteroatoms. The highest BCUT2D eigenvalue weighted by molar-refractivity contribution is 7.89. The molecule has 8 nitrogen and oxygen atoms in total. The van der Waals surface area contributed by atoms with Crippen LogP contribution in [0.15, 0.2) is 53.4 Å². The molecule has 186 valence electrons. The highest BCUT2D eigenvalue weighted by Gasteiger charge is 2.41. The lowest BCUT2D eigenvalue weighted by molar-refractivity contribution is -0.125. The fourth-order valence-corrected chi connectivity index (χ4v) is 6.93. The van der Waals surface area contributed by atoms with E-state index in [2.05, 4.69) is 10.2 Å². The molecule has 5 rings (SSSR count). The number of hydrogen-bond acceptors (Lipinski definition) is 5. The molecular weight excluding hydrogens is 464 g/mol. The number of anilines is 2. The number of carbonyl (C=O) groups is 2. The molecule has 0 spiro atoms. The molecule has 0 saturated carbocycles. The number of piperidine rings is 1. The molecule has 2 fully saturated rings. The van der Waals surface area contributed by atoms with Gasteiger partial charge in [0, 0.05) is 19.6 Å². The Kier molecular flexibility index (Phi) is 6.55. The Bertz CT molecular complexity index is 1210. The number of carbonyl (C=O) groups excluding carboxylic acids is 2. The molecule has 2 amide bonds. The van der Waals surface area contributed by atoms with Crippen molar-refractivity contribution in [1.29, 1.82) is 0 Å². The third-order valence-electron chi connectivity index (χ3n) is 7.28. The van der Waals surface area contributed by atoms with E-state index in [0.717, 1.165) is 49.9 Å². The fraction of sp³-hybridized carbons (Fsp3) is 0.462. The molecule has 0 aromatic heterocycles. The number of benzene rings is 2. The first-order chi connectivity index (χ1) is 16.9. The molecule has 0 bridgehead atoms. The second-order valence-electron chi connectivity index (χ2n) is 9.59. The first-order valence-electron chi connectivity index (χ1n) is 12.4. The number of fused-ring (bicyclic) bond motifs is 3. The van der Waals surface area contributed by atoms with Crippen molar-refractivity contribution in [3.63, 3.8) is 0 Å². The molecule has 2 saturated heterocycles. The van der Waals surface area contributed by atoms with E-state index in [0.29, 0.717) is 18.8 Å². The van der Waals surface area contributed by atoms with Gasteiger partial charge in [-0.05, 0) is 62.8 Å². The van der Waals surface area contributed by atoms with Gasteiger partial charge in [0.15, 0.2) is 0 Å². The van der Waals surface area contributed by atoms with E-state index in [9.17, 15) is 18.0 Å². The number of sulfonamides is 1. The smallest absolute Gasteiger partial charge is 0.250 e. The Hall–Kier alpha value is -2.91. The van der Waals surface area contributed by atoms with Crippen LogP contribution in [0.2, 0.25) is 0 Å². The minimum atomic E-state index is -3.65. The van der Waals surface area contributed by atoms with Gasteiger partial charge in [-0.15, -0.1) is 0 Å². The van der Waals surface area contributed by atoms with Crippen LogP contribution < -0.4 is 15.1 Å². The van der Waals surface area contributed by atoms with E-state index in [1.165, 1.54) is 9.21 Å². The van der Waals surface area contributed by atoms with E-state index in [4.69, 9.17) is 0 Å². The van der Waals surface area contributed by atoms with Gasteiger partial charge in [-0.2, -0.15) is 4.31 Å². The Labute approximate surface area is 206 Å². The quantitative estimate of drug-likeness (QED) is 0.664. The van der Waals surface area contributed by atoms with E-state index < -0.39 is 10.0 Å². The standard InChI is InChI=1S/C26H32N4O4S/c1-19(20-9-3-2-4-10-20)27-25(31)18-30-24-17-21(35(33,34)28-14-7-8-15-28)12-13-22(24)29-16-6-5-11-23(29)26(30)32/h2-4,9-10,12-13,17,19,23H,5-8,11,14-16,18H2,1H3,(H,27,31)/t19-,23+/m1/s1. The second kappa shape index (κ2) is 9.62. The second-order valence-corrected chi connectivity index (χ2v) is 11.5. The molecule has 1 N–H and O–H groups in total. The summed E-state index contributed by atoms with van der Waals surface area (Å²) in [5.41, 5.74) is 2.29. The average Bonchev–Trinajstić information content (AvgIpc) is 3.43. The summed E-state index contributed by atoms with van der Waals surface area (Å²) in [5, 5.41) is 2.98. The van der Waals surface area contributed by atoms with Crippen LogP contribution in [0.5, 0.6) is 0 Å². The number of amides is 2. The zero-order valence-corrected chi connectivity index (χ0v) is 20.8. The molecule has 2 aromatic carbocycles. The van der Waals surface area contributed by atoms with Crippen LogP contribution >= 0.6 is 0 Å². The van der Waals surface area contributed by atoms with Crippen molar-refractivity contribution >= 4 is 33.2 Å². The maximum Gasteiger partial charge on any atom is 0.250 e. The summed E-state index contributed by atoms with van der Waals surface area (Å²) >= 11 is 0. The van der Waals surface area contributed by atoms with E-state index in [-0.39, 0.29) is 35.3 Å². The van der Waals surface area contributed by atoms with E-state index >= 15 is 0 Å². The number of hydrogen-bond donors (Lipinski definition) is 1. The Morgan fingerprint density at radius 3 is 2.46 bits per heavy atom. The number of rotatable bonds is 6. The topological polar surface area (TPSA) is 90.0 Å². The van der Waals surface area contributed by atoms with Gasteiger partial charge in [-0.1, -0.05) is 30.3 Å². The summed E-state index contributed by atoms with van der Waals surface area (Å²) in [6, 6.07) is 14.1. The highest BCUT2D eigenvalue weighted by atomic mass is 32.2. The van der Waals surface area contributed by atoms with Gasteiger partial charge in [0.25, 0.3) is 0 Å². The predicted molar refractivity (Wildman–Crippen MR) is 135 cm³/mol. The summed E-state index contributed by atoms with van der Waals surface area (Å²) in [6.07, 6.45) is 4.36. The number of nitrogens with one attached hydrogen (secondary N) is 1. The van der Waals surface area contributed by atoms with Crippen molar-refractivity contribution in [1.82, 2.24) is 9.62 Å². The third-order valence-corrected chi connectivity index (χ3v) is 9.18. The monoisotopic (exact) mass is 496 g/mol. The zero-order chi connectivity index (χ0) is 24.6. The van der Waals surface area contributed by atoms with Crippen molar-refractivity contribution < 1.29 is 18.0 Å². The lowest BCUT2D eigenvalue weighted by Gasteiger charge is -2.45. The van der Waals surface area contributed by atoms with Gasteiger partial charge in [0.1, 0.15) is 12.6 Å². The minimum absolute atomic E-state index is 0.143. The SMILES string of the molecule is C[C@@H](NC(=O)CN1C(=O)[C@@H]2CCCCN2c2ccc(S(=O)(=O)N3CCCC3)cc21)c1ccccc1. The normalized spacial score (nSPS) is 21.4. The first kappa shape index (κ1) is 23.8. The van der Waals surface area contributed by atoms with Crippen molar-refractivity contribution in [2.24, 2.45) is 0 Å². The molecular formula is C26H32N4O4S. The van der Waals surface area contributed by atoms with Gasteiger partial charge in [0.2, 0.25) is 21.8 Å². The van der Waals surface area contributed by atoms with Gasteiger partial charge in [-0.25, -0.2) is 8.42 Å². The van der Waals surface area contributed by atoms with Gasteiger partial charge >= 0.3 is 0 Å². The van der Waals surface area contributed by atoms with E-state index in [1.807, 2.05) is 37.3 Å². The largest absolute Gasteiger partial charge is 0.358 e. The minimum Gasteiger partial charge on any atom is -0.358 e. The molecule has 3 heterocycles. The lowest BCUT2D eigenvalue weighted by Crippen LogP contribution is -2.57. The van der Waals surface area contributed by atoms with Crippen LogP contribution in [0.3, 0.4) is 0 Å². The van der Waals surface area contributed by atoms with Crippen LogP contribution in [-0.4, -0.2) is 56.8 Å². The summed E-state index contributed by atoms with van der Waals surface area (Å²) in [4.78, 5) is 30.4. The fourth-order valence-electron chi connectivity index (χ4n) is 5.39. The van der Waals surface area contributed by atoms with Crippen LogP contribution in [0, 0.1) is 0 Å². The number of nitrogens with zero attached hydrogens (tertiary/aromatic N) is 3. The van der Waals surface area contributed by atoms with Crippen LogP contribution in [0.25, 0.3) is 0 Å². The molecule has 3 aliphatic rings. The molecule has 2 aromatic rings. The summed E-state index contributed by atoms with van der Waals surface area (Å²) in [5.74, 6) is -0.423. The predicted octanol–water partition coefficient (Wildman–Crippen LogP) is 3.05. The third kappa shape index (κ3) is 4.54. The lowest BCUT2D eigenvalue weighted by atomic mass is 9.96. The van der Waals surface area contributed by atoms with Gasteiger partial charge in [-0.3, -0.25) is 14.5 Å². The van der Waals surface area contributed by atoms with Gasteiger partial charge < -0.3 is 10.2 Å². The molecule has 0 radical (unpaired) electrons. The average molecular weight is 497 g/mol. The Morgan fingerprint density at radius 1 is 1.00 bits per heavy atom. The van der Waals surface area contributed by atoms with Gasteiger partial charge in [0.05, 0.1) is 22.3 Å². The van der Waals surface area contributed by atoms with Crippen LogP contribution in [-0.2, 0) is 19.6 Å². The van der Waals surface area contributed by atoms with Crippen LogP contribution in [0.1, 0.15) is 50.6 Å². The molecule has 35 heavy (non-hydrogen) atoms.